The third-order valence-corrected chi connectivity index (χ3v) is 2.76. The van der Waals surface area contributed by atoms with Gasteiger partial charge >= 0.3 is 5.69 Å². The molecule has 2 rings (SSSR count). The summed E-state index contributed by atoms with van der Waals surface area (Å²) in [6, 6.07) is 6.15. The molecule has 0 saturated carbocycles. The molecule has 2 aromatic rings. The first kappa shape index (κ1) is 14.7. The minimum atomic E-state index is -0.820. The van der Waals surface area contributed by atoms with E-state index in [1.54, 1.807) is 0 Å². The van der Waals surface area contributed by atoms with E-state index in [4.69, 9.17) is 16.3 Å². The number of non-ortho nitro benzene ring substituents is 1. The summed E-state index contributed by atoms with van der Waals surface area (Å²) in [5.74, 6) is -0.834. The highest BCUT2D eigenvalue weighted by molar-refractivity contribution is 6.32. The lowest BCUT2D eigenvalue weighted by Crippen LogP contribution is -1.96. The Morgan fingerprint density at radius 1 is 1.00 bits per heavy atom. The number of nitro groups is 2. The maximum Gasteiger partial charge on any atom is 0.318 e. The fraction of sp³-hybridized carbons (Fsp3) is 0. The number of nitro benzene ring substituents is 2. The number of hydrogen-bond acceptors (Lipinski definition) is 5. The van der Waals surface area contributed by atoms with Crippen LogP contribution in [0.5, 0.6) is 11.5 Å². The molecule has 0 spiro atoms. The van der Waals surface area contributed by atoms with E-state index in [1.807, 2.05) is 0 Å². The van der Waals surface area contributed by atoms with Crippen molar-refractivity contribution in [2.24, 2.45) is 0 Å². The molecule has 0 saturated heterocycles. The highest BCUT2D eigenvalue weighted by Gasteiger charge is 2.21. The van der Waals surface area contributed by atoms with Crippen molar-refractivity contribution in [2.75, 3.05) is 0 Å². The van der Waals surface area contributed by atoms with Crippen molar-refractivity contribution in [1.29, 1.82) is 0 Å². The number of ether oxygens (including phenoxy) is 1. The molecule has 108 valence electrons. The van der Waals surface area contributed by atoms with E-state index in [0.717, 1.165) is 30.3 Å². The highest BCUT2D eigenvalue weighted by atomic mass is 35.5. The number of nitrogens with zero attached hydrogens (tertiary/aromatic N) is 2. The van der Waals surface area contributed by atoms with E-state index in [2.05, 4.69) is 0 Å². The van der Waals surface area contributed by atoms with Crippen LogP contribution in [-0.4, -0.2) is 9.85 Å². The summed E-state index contributed by atoms with van der Waals surface area (Å²) in [4.78, 5) is 20.0. The zero-order valence-corrected chi connectivity index (χ0v) is 10.9. The van der Waals surface area contributed by atoms with Crippen molar-refractivity contribution >= 4 is 23.0 Å². The third-order valence-electron chi connectivity index (χ3n) is 2.46. The highest BCUT2D eigenvalue weighted by Crippen LogP contribution is 2.37. The van der Waals surface area contributed by atoms with Crippen LogP contribution in [0.2, 0.25) is 5.02 Å². The quantitative estimate of drug-likeness (QED) is 0.626. The zero-order valence-electron chi connectivity index (χ0n) is 10.2. The SMILES string of the molecule is O=[N+]([O-])c1ccc(Oc2ccc(F)cc2Cl)c([N+](=O)[O-])c1. The molecule has 0 heterocycles. The van der Waals surface area contributed by atoms with Crippen molar-refractivity contribution in [2.45, 2.75) is 0 Å². The van der Waals surface area contributed by atoms with Crippen LogP contribution in [0, 0.1) is 26.0 Å². The van der Waals surface area contributed by atoms with Gasteiger partial charge < -0.3 is 4.74 Å². The average Bonchev–Trinajstić information content (AvgIpc) is 2.41. The Morgan fingerprint density at radius 3 is 2.24 bits per heavy atom. The minimum absolute atomic E-state index is 0.00461. The van der Waals surface area contributed by atoms with Crippen LogP contribution in [0.25, 0.3) is 0 Å². The summed E-state index contributed by atoms with van der Waals surface area (Å²) in [6.45, 7) is 0. The third kappa shape index (κ3) is 3.23. The normalized spacial score (nSPS) is 10.2. The van der Waals surface area contributed by atoms with Gasteiger partial charge in [-0.1, -0.05) is 11.6 Å². The van der Waals surface area contributed by atoms with Gasteiger partial charge in [-0.15, -0.1) is 0 Å². The van der Waals surface area contributed by atoms with Crippen LogP contribution in [0.3, 0.4) is 0 Å². The summed E-state index contributed by atoms with van der Waals surface area (Å²) in [6.07, 6.45) is 0. The van der Waals surface area contributed by atoms with E-state index < -0.39 is 27.0 Å². The van der Waals surface area contributed by atoms with Gasteiger partial charge in [0.1, 0.15) is 11.6 Å². The van der Waals surface area contributed by atoms with Crippen molar-refractivity contribution in [1.82, 2.24) is 0 Å². The molecule has 0 aromatic heterocycles. The summed E-state index contributed by atoms with van der Waals surface area (Å²) in [7, 11) is 0. The first-order valence-corrected chi connectivity index (χ1v) is 5.82. The van der Waals surface area contributed by atoms with Gasteiger partial charge in [-0.3, -0.25) is 20.2 Å². The predicted octanol–water partition coefficient (Wildman–Crippen LogP) is 4.09. The molecule has 7 nitrogen and oxygen atoms in total. The Bertz CT molecular complexity index is 738. The molecule has 21 heavy (non-hydrogen) atoms. The summed E-state index contributed by atoms with van der Waals surface area (Å²) >= 11 is 5.75. The lowest BCUT2D eigenvalue weighted by atomic mass is 10.2. The van der Waals surface area contributed by atoms with Crippen LogP contribution < -0.4 is 4.74 Å². The molecule has 0 amide bonds. The molecule has 0 N–H and O–H groups in total. The fourth-order valence-electron chi connectivity index (χ4n) is 1.52. The van der Waals surface area contributed by atoms with Crippen LogP contribution in [0.1, 0.15) is 0 Å². The van der Waals surface area contributed by atoms with Crippen LogP contribution in [0.15, 0.2) is 36.4 Å². The van der Waals surface area contributed by atoms with Crippen molar-refractivity contribution < 1.29 is 19.0 Å². The molecule has 0 unspecified atom stereocenters. The van der Waals surface area contributed by atoms with Gasteiger partial charge in [0, 0.05) is 6.07 Å². The van der Waals surface area contributed by atoms with Gasteiger partial charge in [0.05, 0.1) is 20.9 Å². The predicted molar refractivity (Wildman–Crippen MR) is 71.2 cm³/mol. The lowest BCUT2D eigenvalue weighted by molar-refractivity contribution is -0.394. The number of benzene rings is 2. The average molecular weight is 313 g/mol. The summed E-state index contributed by atoms with van der Waals surface area (Å²) < 4.78 is 18.1. The lowest BCUT2D eigenvalue weighted by Gasteiger charge is -2.07. The van der Waals surface area contributed by atoms with Crippen LogP contribution >= 0.6 is 11.6 Å². The molecule has 0 aliphatic carbocycles. The molecule has 2 aromatic carbocycles. The largest absolute Gasteiger partial charge is 0.449 e. The number of hydrogen-bond donors (Lipinski definition) is 0. The molecular formula is C12H6ClFN2O5. The molecular weight excluding hydrogens is 307 g/mol. The zero-order chi connectivity index (χ0) is 15.6. The van der Waals surface area contributed by atoms with E-state index >= 15 is 0 Å². The monoisotopic (exact) mass is 312 g/mol. The van der Waals surface area contributed by atoms with Crippen LogP contribution in [-0.2, 0) is 0 Å². The second-order valence-electron chi connectivity index (χ2n) is 3.84. The van der Waals surface area contributed by atoms with E-state index in [0.29, 0.717) is 0 Å². The topological polar surface area (TPSA) is 95.5 Å². The van der Waals surface area contributed by atoms with Gasteiger partial charge in [0.2, 0.25) is 5.75 Å². The summed E-state index contributed by atoms with van der Waals surface area (Å²) in [5, 5.41) is 21.5. The number of halogens is 2. The Labute approximate surface area is 121 Å². The van der Waals surface area contributed by atoms with E-state index in [-0.39, 0.29) is 16.5 Å². The molecule has 0 atom stereocenters. The Balaban J connectivity index is 2.44. The van der Waals surface area contributed by atoms with E-state index in [9.17, 15) is 24.6 Å². The van der Waals surface area contributed by atoms with Gasteiger partial charge in [0.25, 0.3) is 5.69 Å². The molecule has 9 heteroatoms. The second kappa shape index (κ2) is 5.71. The molecule has 0 aliphatic heterocycles. The molecule has 0 fully saturated rings. The molecule has 0 bridgehead atoms. The van der Waals surface area contributed by atoms with Gasteiger partial charge in [-0.2, -0.15) is 0 Å². The second-order valence-corrected chi connectivity index (χ2v) is 4.25. The molecule has 0 aliphatic rings. The minimum Gasteiger partial charge on any atom is -0.449 e. The van der Waals surface area contributed by atoms with Gasteiger partial charge in [-0.25, -0.2) is 4.39 Å². The Hall–Kier alpha value is -2.74. The maximum atomic E-state index is 12.9. The van der Waals surface area contributed by atoms with Crippen LogP contribution in [0.4, 0.5) is 15.8 Å². The smallest absolute Gasteiger partial charge is 0.318 e. The van der Waals surface area contributed by atoms with E-state index in [1.165, 1.54) is 6.07 Å². The number of rotatable bonds is 4. The van der Waals surface area contributed by atoms with Crippen molar-refractivity contribution in [3.05, 3.63) is 67.5 Å². The fourth-order valence-corrected chi connectivity index (χ4v) is 1.73. The van der Waals surface area contributed by atoms with Gasteiger partial charge in [0.15, 0.2) is 0 Å². The van der Waals surface area contributed by atoms with Gasteiger partial charge in [-0.05, 0) is 24.3 Å². The maximum absolute atomic E-state index is 12.9. The van der Waals surface area contributed by atoms with Crippen molar-refractivity contribution in [3.8, 4) is 11.5 Å². The molecule has 0 radical (unpaired) electrons. The summed E-state index contributed by atoms with van der Waals surface area (Å²) in [5.41, 5.74) is -1.04. The Morgan fingerprint density at radius 2 is 1.67 bits per heavy atom. The first-order chi connectivity index (χ1) is 9.88. The standard InChI is InChI=1S/C12H6ClFN2O5/c13-9-5-7(14)1-3-11(9)21-12-4-2-8(15(17)18)6-10(12)16(19)20/h1-6H. The van der Waals surface area contributed by atoms with Crippen molar-refractivity contribution in [3.63, 3.8) is 0 Å². The Kier molecular flexibility index (Phi) is 3.99. The first-order valence-electron chi connectivity index (χ1n) is 5.44.